The van der Waals surface area contributed by atoms with E-state index in [1.165, 1.54) is 17.0 Å². The number of halogens is 1. The molecule has 24 heavy (non-hydrogen) atoms. The van der Waals surface area contributed by atoms with Gasteiger partial charge in [-0.3, -0.25) is 4.21 Å². The van der Waals surface area contributed by atoms with E-state index in [0.29, 0.717) is 13.2 Å². The highest BCUT2D eigenvalue weighted by Gasteiger charge is 2.22. The van der Waals surface area contributed by atoms with E-state index < -0.39 is 16.6 Å². The van der Waals surface area contributed by atoms with Crippen molar-refractivity contribution in [2.24, 2.45) is 0 Å². The van der Waals surface area contributed by atoms with Crippen LogP contribution in [-0.4, -0.2) is 53.2 Å². The van der Waals surface area contributed by atoms with Crippen molar-refractivity contribution in [1.29, 1.82) is 0 Å². The maximum atomic E-state index is 13.6. The van der Waals surface area contributed by atoms with Gasteiger partial charge >= 0.3 is 6.03 Å². The third kappa shape index (κ3) is 5.32. The molecule has 7 heteroatoms. The fourth-order valence-corrected chi connectivity index (χ4v) is 3.49. The monoisotopic (exact) mass is 352 g/mol. The molecule has 1 aromatic rings. The normalized spacial score (nSPS) is 17.9. The lowest BCUT2D eigenvalue weighted by molar-refractivity contribution is 0.0847. The molecule has 1 aliphatic heterocycles. The number of hydrogen-bond donors (Lipinski definition) is 1. The Morgan fingerprint density at radius 3 is 2.96 bits per heavy atom. The number of rotatable bonds is 7. The van der Waals surface area contributed by atoms with Crippen molar-refractivity contribution in [3.05, 3.63) is 30.1 Å². The highest BCUT2D eigenvalue weighted by Crippen LogP contribution is 2.13. The summed E-state index contributed by atoms with van der Waals surface area (Å²) in [6, 6.07) is 5.59. The topological polar surface area (TPSA) is 58.6 Å². The van der Waals surface area contributed by atoms with E-state index in [-0.39, 0.29) is 35.9 Å². The van der Waals surface area contributed by atoms with Crippen LogP contribution in [0.3, 0.4) is 0 Å². The fourth-order valence-electron chi connectivity index (χ4n) is 2.47. The average Bonchev–Trinajstić information content (AvgIpc) is 3.07. The standard InChI is InChI=1S/C17H21FN2O3S/c1-2-10-20(13-14-6-5-11-23-14)17(21)19-9-12-24(22)16-8-4-3-7-15(16)18/h1,3-4,7-8,14H,5-6,9-13H2,(H,19,21)/t14-,24+/m1/s1. The zero-order valence-electron chi connectivity index (χ0n) is 13.4. The van der Waals surface area contributed by atoms with Gasteiger partial charge in [0.2, 0.25) is 0 Å². The number of urea groups is 1. The van der Waals surface area contributed by atoms with Gasteiger partial charge in [0, 0.05) is 25.4 Å². The number of ether oxygens (including phenoxy) is 1. The van der Waals surface area contributed by atoms with Gasteiger partial charge in [0.15, 0.2) is 0 Å². The Hall–Kier alpha value is -1.91. The molecule has 1 fully saturated rings. The van der Waals surface area contributed by atoms with Gasteiger partial charge in [-0.2, -0.15) is 0 Å². The van der Waals surface area contributed by atoms with E-state index in [4.69, 9.17) is 11.2 Å². The molecule has 5 nitrogen and oxygen atoms in total. The number of nitrogens with one attached hydrogen (secondary N) is 1. The minimum absolute atomic E-state index is 0.0108. The van der Waals surface area contributed by atoms with Crippen LogP contribution in [0.1, 0.15) is 12.8 Å². The summed E-state index contributed by atoms with van der Waals surface area (Å²) in [7, 11) is -1.51. The molecule has 1 saturated heterocycles. The highest BCUT2D eigenvalue weighted by atomic mass is 32.2. The van der Waals surface area contributed by atoms with Crippen LogP contribution in [-0.2, 0) is 15.5 Å². The first-order valence-electron chi connectivity index (χ1n) is 7.82. The SMILES string of the molecule is C#CCN(C[C@H]1CCCO1)C(=O)NCC[S@](=O)c1ccccc1F. The molecule has 0 aromatic heterocycles. The Morgan fingerprint density at radius 2 is 2.29 bits per heavy atom. The van der Waals surface area contributed by atoms with Crippen molar-refractivity contribution in [3.8, 4) is 12.3 Å². The molecule has 0 saturated carbocycles. The lowest BCUT2D eigenvalue weighted by Crippen LogP contribution is -2.44. The highest BCUT2D eigenvalue weighted by molar-refractivity contribution is 7.85. The van der Waals surface area contributed by atoms with Crippen LogP contribution in [0.5, 0.6) is 0 Å². The van der Waals surface area contributed by atoms with Gasteiger partial charge < -0.3 is 15.0 Å². The van der Waals surface area contributed by atoms with Gasteiger partial charge in [-0.05, 0) is 25.0 Å². The minimum atomic E-state index is -1.51. The molecule has 1 aliphatic rings. The van der Waals surface area contributed by atoms with Crippen LogP contribution in [0.4, 0.5) is 9.18 Å². The number of hydrogen-bond acceptors (Lipinski definition) is 3. The van der Waals surface area contributed by atoms with Crippen LogP contribution < -0.4 is 5.32 Å². The van der Waals surface area contributed by atoms with Gasteiger partial charge in [0.05, 0.1) is 28.3 Å². The molecule has 0 bridgehead atoms. The van der Waals surface area contributed by atoms with Crippen LogP contribution in [0.2, 0.25) is 0 Å². The number of nitrogens with zero attached hydrogens (tertiary/aromatic N) is 1. The molecule has 2 amide bonds. The maximum Gasteiger partial charge on any atom is 0.318 e. The summed E-state index contributed by atoms with van der Waals surface area (Å²) in [5, 5.41) is 2.68. The predicted molar refractivity (Wildman–Crippen MR) is 90.5 cm³/mol. The number of carbonyl (C=O) groups excluding carboxylic acids is 1. The van der Waals surface area contributed by atoms with Crippen LogP contribution in [0, 0.1) is 18.2 Å². The summed E-state index contributed by atoms with van der Waals surface area (Å²) >= 11 is 0. The zero-order chi connectivity index (χ0) is 17.4. The quantitative estimate of drug-likeness (QED) is 0.761. The van der Waals surface area contributed by atoms with Crippen LogP contribution >= 0.6 is 0 Å². The first-order chi connectivity index (χ1) is 11.6. The third-order valence-corrected chi connectivity index (χ3v) is 5.06. The Balaban J connectivity index is 1.81. The number of terminal acetylenes is 1. The molecule has 0 radical (unpaired) electrons. The van der Waals surface area contributed by atoms with Gasteiger partial charge in [-0.1, -0.05) is 18.1 Å². The Bertz CT molecular complexity index is 627. The van der Waals surface area contributed by atoms with Crippen molar-refractivity contribution in [2.75, 3.05) is 32.0 Å². The number of benzene rings is 1. The van der Waals surface area contributed by atoms with Crippen molar-refractivity contribution < 1.29 is 18.1 Å². The largest absolute Gasteiger partial charge is 0.376 e. The molecule has 0 aliphatic carbocycles. The van der Waals surface area contributed by atoms with Crippen molar-refractivity contribution in [3.63, 3.8) is 0 Å². The predicted octanol–water partition coefficient (Wildman–Crippen LogP) is 1.76. The first-order valence-corrected chi connectivity index (χ1v) is 9.14. The molecular formula is C17H21FN2O3S. The molecule has 2 atom stereocenters. The molecule has 0 spiro atoms. The molecule has 1 aromatic carbocycles. The second-order valence-corrected chi connectivity index (χ2v) is 6.97. The molecule has 0 unspecified atom stereocenters. The first kappa shape index (κ1) is 18.4. The maximum absolute atomic E-state index is 13.6. The third-order valence-electron chi connectivity index (χ3n) is 3.66. The summed E-state index contributed by atoms with van der Waals surface area (Å²) in [4.78, 5) is 13.8. The van der Waals surface area contributed by atoms with Crippen LogP contribution in [0.15, 0.2) is 29.2 Å². The van der Waals surface area contributed by atoms with Crippen molar-refractivity contribution in [2.45, 2.75) is 23.8 Å². The van der Waals surface area contributed by atoms with Crippen molar-refractivity contribution >= 4 is 16.8 Å². The Kier molecular flexibility index (Phi) is 7.22. The minimum Gasteiger partial charge on any atom is -0.376 e. The summed E-state index contributed by atoms with van der Waals surface area (Å²) in [5.41, 5.74) is 0. The number of carbonyl (C=O) groups is 1. The second kappa shape index (κ2) is 9.40. The molecule has 1 heterocycles. The average molecular weight is 352 g/mol. The molecule has 2 rings (SSSR count). The van der Waals surface area contributed by atoms with E-state index in [1.807, 2.05) is 0 Å². The second-order valence-electron chi connectivity index (χ2n) is 5.43. The van der Waals surface area contributed by atoms with Gasteiger partial charge in [-0.15, -0.1) is 6.42 Å². The van der Waals surface area contributed by atoms with Gasteiger partial charge in [0.25, 0.3) is 0 Å². The molecular weight excluding hydrogens is 331 g/mol. The zero-order valence-corrected chi connectivity index (χ0v) is 14.2. The molecule has 1 N–H and O–H groups in total. The van der Waals surface area contributed by atoms with Crippen molar-refractivity contribution in [1.82, 2.24) is 10.2 Å². The van der Waals surface area contributed by atoms with E-state index in [9.17, 15) is 13.4 Å². The van der Waals surface area contributed by atoms with E-state index in [1.54, 1.807) is 12.1 Å². The van der Waals surface area contributed by atoms with Crippen LogP contribution in [0.25, 0.3) is 0 Å². The summed E-state index contributed by atoms with van der Waals surface area (Å²) in [5.74, 6) is 2.09. The smallest absolute Gasteiger partial charge is 0.318 e. The lowest BCUT2D eigenvalue weighted by atomic mass is 10.2. The van der Waals surface area contributed by atoms with E-state index in [0.717, 1.165) is 12.8 Å². The summed E-state index contributed by atoms with van der Waals surface area (Å²) in [6.45, 7) is 1.50. The van der Waals surface area contributed by atoms with Gasteiger partial charge in [0.1, 0.15) is 5.82 Å². The fraction of sp³-hybridized carbons (Fsp3) is 0.471. The lowest BCUT2D eigenvalue weighted by Gasteiger charge is -2.23. The van der Waals surface area contributed by atoms with E-state index >= 15 is 0 Å². The van der Waals surface area contributed by atoms with Gasteiger partial charge in [-0.25, -0.2) is 9.18 Å². The Labute approximate surface area is 144 Å². The summed E-state index contributed by atoms with van der Waals surface area (Å²) < 4.78 is 31.1. The molecule has 130 valence electrons. The summed E-state index contributed by atoms with van der Waals surface area (Å²) in [6.07, 6.45) is 7.21. The van der Waals surface area contributed by atoms with E-state index in [2.05, 4.69) is 11.2 Å². The number of amides is 2. The Morgan fingerprint density at radius 1 is 1.50 bits per heavy atom.